The fourth-order valence-corrected chi connectivity index (χ4v) is 1.35. The number of aliphatic hydroxyl groups excluding tert-OH is 1. The number of rotatable bonds is 4. The van der Waals surface area contributed by atoms with Crippen molar-refractivity contribution in [2.45, 2.75) is 11.3 Å². The van der Waals surface area contributed by atoms with Crippen LogP contribution in [0.2, 0.25) is 0 Å². The van der Waals surface area contributed by atoms with E-state index in [1.165, 1.54) is 11.8 Å². The molecule has 0 aliphatic rings. The van der Waals surface area contributed by atoms with E-state index in [-0.39, 0.29) is 0 Å². The Morgan fingerprint density at radius 3 is 3.18 bits per heavy atom. The largest absolute Gasteiger partial charge is 0.391 e. The lowest BCUT2D eigenvalue weighted by molar-refractivity contribution is 0.208. The molecule has 5 heteroatoms. The van der Waals surface area contributed by atoms with Crippen LogP contribution in [0.4, 0.5) is 0 Å². The molecule has 11 heavy (non-hydrogen) atoms. The third-order valence-corrected chi connectivity index (χ3v) is 2.21. The van der Waals surface area contributed by atoms with Gasteiger partial charge in [-0.2, -0.15) is 0 Å². The first-order valence-corrected chi connectivity index (χ1v) is 4.32. The van der Waals surface area contributed by atoms with Crippen molar-refractivity contribution >= 4 is 11.8 Å². The normalized spacial score (nSPS) is 13.3. The molecule has 0 fully saturated rings. The van der Waals surface area contributed by atoms with Gasteiger partial charge in [-0.05, 0) is 0 Å². The molecule has 1 atom stereocenters. The number of aromatic nitrogens is 2. The number of aromatic amines is 1. The molecule has 1 heterocycles. The van der Waals surface area contributed by atoms with Gasteiger partial charge in [0.1, 0.15) is 0 Å². The summed E-state index contributed by atoms with van der Waals surface area (Å²) >= 11 is 1.46. The van der Waals surface area contributed by atoms with E-state index in [2.05, 4.69) is 9.97 Å². The van der Waals surface area contributed by atoms with Crippen molar-refractivity contribution in [3.05, 3.63) is 12.4 Å². The highest BCUT2D eigenvalue weighted by Gasteiger charge is 2.02. The average Bonchev–Trinajstić information content (AvgIpc) is 2.52. The summed E-state index contributed by atoms with van der Waals surface area (Å²) in [6, 6.07) is 0. The second kappa shape index (κ2) is 4.38. The van der Waals surface area contributed by atoms with Crippen LogP contribution < -0.4 is 5.73 Å². The zero-order chi connectivity index (χ0) is 8.10. The molecule has 0 saturated carbocycles. The molecule has 62 valence electrons. The summed E-state index contributed by atoms with van der Waals surface area (Å²) in [5.41, 5.74) is 5.22. The van der Waals surface area contributed by atoms with Crippen LogP contribution in [0.3, 0.4) is 0 Å². The van der Waals surface area contributed by atoms with E-state index in [0.29, 0.717) is 12.3 Å². The van der Waals surface area contributed by atoms with E-state index < -0.39 is 6.10 Å². The first-order chi connectivity index (χ1) is 5.33. The lowest BCUT2D eigenvalue weighted by Gasteiger charge is -2.03. The third kappa shape index (κ3) is 2.92. The maximum absolute atomic E-state index is 9.07. The lowest BCUT2D eigenvalue weighted by atomic mass is 10.4. The van der Waals surface area contributed by atoms with Gasteiger partial charge in [-0.3, -0.25) is 0 Å². The Morgan fingerprint density at radius 1 is 1.82 bits per heavy atom. The van der Waals surface area contributed by atoms with Crippen LogP contribution in [0, 0.1) is 0 Å². The minimum atomic E-state index is -0.440. The molecule has 0 saturated heterocycles. The van der Waals surface area contributed by atoms with Crippen molar-refractivity contribution in [2.75, 3.05) is 12.3 Å². The summed E-state index contributed by atoms with van der Waals surface area (Å²) in [6.07, 6.45) is 2.99. The van der Waals surface area contributed by atoms with E-state index in [1.807, 2.05) is 0 Å². The minimum Gasteiger partial charge on any atom is -0.391 e. The van der Waals surface area contributed by atoms with Crippen LogP contribution >= 0.6 is 11.8 Å². The topological polar surface area (TPSA) is 74.9 Å². The van der Waals surface area contributed by atoms with Crippen LogP contribution in [0.5, 0.6) is 0 Å². The Hall–Kier alpha value is -0.520. The van der Waals surface area contributed by atoms with Gasteiger partial charge < -0.3 is 15.8 Å². The number of hydrogen-bond acceptors (Lipinski definition) is 4. The Bertz CT molecular complexity index is 190. The Balaban J connectivity index is 2.23. The summed E-state index contributed by atoms with van der Waals surface area (Å²) in [5, 5.41) is 9.89. The van der Waals surface area contributed by atoms with Crippen molar-refractivity contribution in [3.63, 3.8) is 0 Å². The number of nitrogens with two attached hydrogens (primary N) is 1. The van der Waals surface area contributed by atoms with Gasteiger partial charge in [-0.25, -0.2) is 4.98 Å². The molecule has 1 aromatic heterocycles. The molecule has 0 aliphatic heterocycles. The minimum absolute atomic E-state index is 0.299. The second-order valence-electron chi connectivity index (χ2n) is 2.09. The van der Waals surface area contributed by atoms with E-state index in [9.17, 15) is 0 Å². The fourth-order valence-electron chi connectivity index (χ4n) is 0.573. The van der Waals surface area contributed by atoms with Gasteiger partial charge in [-0.1, -0.05) is 11.8 Å². The van der Waals surface area contributed by atoms with Crippen LogP contribution in [-0.4, -0.2) is 33.5 Å². The quantitative estimate of drug-likeness (QED) is 0.552. The summed E-state index contributed by atoms with van der Waals surface area (Å²) in [4.78, 5) is 6.89. The first kappa shape index (κ1) is 8.58. The number of aliphatic hydroxyl groups is 1. The van der Waals surface area contributed by atoms with Gasteiger partial charge in [0, 0.05) is 24.7 Å². The molecule has 0 bridgehead atoms. The molecule has 1 rings (SSSR count). The zero-order valence-electron chi connectivity index (χ0n) is 6.03. The molecule has 0 radical (unpaired) electrons. The predicted molar refractivity (Wildman–Crippen MR) is 44.4 cm³/mol. The first-order valence-electron chi connectivity index (χ1n) is 3.33. The van der Waals surface area contributed by atoms with E-state index in [4.69, 9.17) is 10.8 Å². The second-order valence-corrected chi connectivity index (χ2v) is 3.10. The number of hydrogen-bond donors (Lipinski definition) is 3. The predicted octanol–water partition coefficient (Wildman–Crippen LogP) is -0.179. The molecule has 0 spiro atoms. The smallest absolute Gasteiger partial charge is 0.165 e. The summed E-state index contributed by atoms with van der Waals surface area (Å²) in [5.74, 6) is 0.587. The molecule has 1 aromatic rings. The van der Waals surface area contributed by atoms with Gasteiger partial charge in [-0.15, -0.1) is 0 Å². The van der Waals surface area contributed by atoms with E-state index in [1.54, 1.807) is 12.4 Å². The van der Waals surface area contributed by atoms with Crippen LogP contribution in [0.25, 0.3) is 0 Å². The van der Waals surface area contributed by atoms with Crippen molar-refractivity contribution in [3.8, 4) is 0 Å². The standard InChI is InChI=1S/C6H11N3OS/c7-3-5(10)4-11-6-8-1-2-9-6/h1-2,5,10H,3-4,7H2,(H,8,9)/t5-/m0/s1. The van der Waals surface area contributed by atoms with Gasteiger partial charge in [0.2, 0.25) is 0 Å². The van der Waals surface area contributed by atoms with Crippen LogP contribution in [0.15, 0.2) is 17.6 Å². The molecular weight excluding hydrogens is 162 g/mol. The van der Waals surface area contributed by atoms with Crippen LogP contribution in [-0.2, 0) is 0 Å². The maximum Gasteiger partial charge on any atom is 0.165 e. The van der Waals surface area contributed by atoms with Gasteiger partial charge in [0.25, 0.3) is 0 Å². The number of imidazole rings is 1. The lowest BCUT2D eigenvalue weighted by Crippen LogP contribution is -2.21. The Morgan fingerprint density at radius 2 is 2.64 bits per heavy atom. The molecule has 0 aliphatic carbocycles. The van der Waals surface area contributed by atoms with Gasteiger partial charge >= 0.3 is 0 Å². The summed E-state index contributed by atoms with van der Waals surface area (Å²) < 4.78 is 0. The Labute approximate surface area is 69.2 Å². The summed E-state index contributed by atoms with van der Waals surface area (Å²) in [7, 11) is 0. The monoisotopic (exact) mass is 173 g/mol. The van der Waals surface area contributed by atoms with Crippen molar-refractivity contribution < 1.29 is 5.11 Å². The molecule has 0 amide bonds. The van der Waals surface area contributed by atoms with E-state index in [0.717, 1.165) is 5.16 Å². The molecular formula is C6H11N3OS. The van der Waals surface area contributed by atoms with Crippen molar-refractivity contribution in [2.24, 2.45) is 5.73 Å². The number of nitrogens with zero attached hydrogens (tertiary/aromatic N) is 1. The van der Waals surface area contributed by atoms with E-state index >= 15 is 0 Å². The molecule has 4 nitrogen and oxygen atoms in total. The molecule has 4 N–H and O–H groups in total. The van der Waals surface area contributed by atoms with Crippen LogP contribution in [0.1, 0.15) is 0 Å². The number of thioether (sulfide) groups is 1. The molecule has 0 unspecified atom stereocenters. The highest BCUT2D eigenvalue weighted by Crippen LogP contribution is 2.11. The zero-order valence-corrected chi connectivity index (χ0v) is 6.84. The highest BCUT2D eigenvalue weighted by atomic mass is 32.2. The number of H-pyrrole nitrogens is 1. The van der Waals surface area contributed by atoms with Gasteiger partial charge in [0.15, 0.2) is 5.16 Å². The average molecular weight is 173 g/mol. The van der Waals surface area contributed by atoms with Crippen molar-refractivity contribution in [1.82, 2.24) is 9.97 Å². The highest BCUT2D eigenvalue weighted by molar-refractivity contribution is 7.99. The Kier molecular flexibility index (Phi) is 3.41. The third-order valence-electron chi connectivity index (χ3n) is 1.16. The molecule has 0 aromatic carbocycles. The van der Waals surface area contributed by atoms with Gasteiger partial charge in [0.05, 0.1) is 6.10 Å². The summed E-state index contributed by atoms with van der Waals surface area (Å²) in [6.45, 7) is 0.299. The van der Waals surface area contributed by atoms with Crippen molar-refractivity contribution in [1.29, 1.82) is 0 Å². The number of nitrogens with one attached hydrogen (secondary N) is 1. The maximum atomic E-state index is 9.07. The SMILES string of the molecule is NC[C@H](O)CSc1ncc[nH]1. The fraction of sp³-hybridized carbons (Fsp3) is 0.500.